The second-order valence-corrected chi connectivity index (χ2v) is 10.1. The van der Waals surface area contributed by atoms with Gasteiger partial charge >= 0.3 is 0 Å². The third-order valence-electron chi connectivity index (χ3n) is 6.32. The molecule has 2 fully saturated rings. The summed E-state index contributed by atoms with van der Waals surface area (Å²) in [5, 5.41) is 9.36. The molecule has 3 heterocycles. The third-order valence-corrected chi connectivity index (χ3v) is 7.35. The van der Waals surface area contributed by atoms with Gasteiger partial charge in [-0.25, -0.2) is 4.39 Å². The summed E-state index contributed by atoms with van der Waals surface area (Å²) in [5.74, 6) is 1.41. The van der Waals surface area contributed by atoms with E-state index >= 15 is 0 Å². The zero-order chi connectivity index (χ0) is 21.8. The highest BCUT2D eigenvalue weighted by molar-refractivity contribution is 8.00. The van der Waals surface area contributed by atoms with Crippen LogP contribution in [0.1, 0.15) is 51.8 Å². The molecule has 0 aliphatic carbocycles. The van der Waals surface area contributed by atoms with Gasteiger partial charge in [-0.2, -0.15) is 0 Å². The summed E-state index contributed by atoms with van der Waals surface area (Å²) >= 11 is 1.44. The number of carbonyl (C=O) groups excluding carboxylic acids is 1. The monoisotopic (exact) mass is 445 g/mol. The van der Waals surface area contributed by atoms with Crippen LogP contribution in [-0.4, -0.2) is 61.9 Å². The largest absolute Gasteiger partial charge is 0.342 e. The van der Waals surface area contributed by atoms with Crippen molar-refractivity contribution in [1.82, 2.24) is 24.6 Å². The maximum atomic E-state index is 13.5. The zero-order valence-electron chi connectivity index (χ0n) is 18.5. The summed E-state index contributed by atoms with van der Waals surface area (Å²) < 4.78 is 15.5. The summed E-state index contributed by atoms with van der Waals surface area (Å²) in [7, 11) is 0. The smallest absolute Gasteiger partial charge is 0.235 e. The number of hydrogen-bond acceptors (Lipinski definition) is 5. The third kappa shape index (κ3) is 5.47. The first-order valence-corrected chi connectivity index (χ1v) is 12.3. The van der Waals surface area contributed by atoms with Gasteiger partial charge in [-0.1, -0.05) is 25.1 Å². The Morgan fingerprint density at radius 2 is 1.77 bits per heavy atom. The summed E-state index contributed by atoms with van der Waals surface area (Å²) in [6.07, 6.45) is 5.81. The van der Waals surface area contributed by atoms with Gasteiger partial charge in [0.15, 0.2) is 11.0 Å². The number of piperidine rings is 2. The number of halogens is 1. The van der Waals surface area contributed by atoms with Gasteiger partial charge in [-0.05, 0) is 75.9 Å². The number of nitrogens with zero attached hydrogens (tertiary/aromatic N) is 5. The van der Waals surface area contributed by atoms with E-state index in [1.807, 2.05) is 16.4 Å². The van der Waals surface area contributed by atoms with Gasteiger partial charge in [-0.15, -0.1) is 10.2 Å². The van der Waals surface area contributed by atoms with Crippen LogP contribution in [0.25, 0.3) is 5.69 Å². The zero-order valence-corrected chi connectivity index (χ0v) is 19.3. The van der Waals surface area contributed by atoms with Crippen molar-refractivity contribution in [3.05, 3.63) is 35.9 Å². The van der Waals surface area contributed by atoms with Crippen molar-refractivity contribution in [3.8, 4) is 5.69 Å². The van der Waals surface area contributed by atoms with E-state index in [1.54, 1.807) is 12.1 Å². The van der Waals surface area contributed by atoms with Crippen LogP contribution in [0.15, 0.2) is 29.4 Å². The molecule has 1 atom stereocenters. The molecule has 2 saturated heterocycles. The van der Waals surface area contributed by atoms with E-state index in [1.165, 1.54) is 43.2 Å². The standard InChI is InChI=1S/C23H32FN5OS/c1-17-10-14-28(15-11-17)22(30)18(2)31-23-26-25-21(16-27-12-4-3-5-13-27)29(23)20-8-6-19(24)7-9-20/h6-9,17-18H,3-5,10-16H2,1-2H3. The Balaban J connectivity index is 1.54. The Bertz CT molecular complexity index is 873. The maximum Gasteiger partial charge on any atom is 0.235 e. The van der Waals surface area contributed by atoms with Gasteiger partial charge in [0.2, 0.25) is 5.91 Å². The highest BCUT2D eigenvalue weighted by Gasteiger charge is 2.27. The molecule has 2 aliphatic rings. The molecule has 0 bridgehead atoms. The van der Waals surface area contributed by atoms with E-state index < -0.39 is 0 Å². The van der Waals surface area contributed by atoms with Crippen molar-refractivity contribution in [2.75, 3.05) is 26.2 Å². The van der Waals surface area contributed by atoms with Crippen molar-refractivity contribution in [3.63, 3.8) is 0 Å². The fourth-order valence-corrected chi connectivity index (χ4v) is 5.31. The summed E-state index contributed by atoms with van der Waals surface area (Å²) in [4.78, 5) is 17.4. The molecule has 4 rings (SSSR count). The number of benzene rings is 1. The van der Waals surface area contributed by atoms with Crippen molar-refractivity contribution in [2.45, 2.75) is 62.9 Å². The lowest BCUT2D eigenvalue weighted by molar-refractivity contribution is -0.131. The quantitative estimate of drug-likeness (QED) is 0.626. The fourth-order valence-electron chi connectivity index (χ4n) is 4.34. The molecule has 0 spiro atoms. The molecular weight excluding hydrogens is 413 g/mol. The molecule has 2 aliphatic heterocycles. The Morgan fingerprint density at radius 3 is 2.45 bits per heavy atom. The Morgan fingerprint density at radius 1 is 1.10 bits per heavy atom. The van der Waals surface area contributed by atoms with Gasteiger partial charge in [0.1, 0.15) is 5.82 Å². The molecule has 8 heteroatoms. The number of carbonyl (C=O) groups is 1. The van der Waals surface area contributed by atoms with Crippen LogP contribution >= 0.6 is 11.8 Å². The van der Waals surface area contributed by atoms with E-state index in [0.29, 0.717) is 17.6 Å². The average molecular weight is 446 g/mol. The van der Waals surface area contributed by atoms with Gasteiger partial charge in [0.05, 0.1) is 11.8 Å². The number of likely N-dealkylation sites (tertiary alicyclic amines) is 2. The van der Waals surface area contributed by atoms with Crippen LogP contribution in [0.5, 0.6) is 0 Å². The highest BCUT2D eigenvalue weighted by Crippen LogP contribution is 2.29. The van der Waals surface area contributed by atoms with Gasteiger partial charge in [0.25, 0.3) is 0 Å². The number of thioether (sulfide) groups is 1. The molecule has 0 radical (unpaired) electrons. The lowest BCUT2D eigenvalue weighted by atomic mass is 9.99. The number of rotatable bonds is 6. The number of hydrogen-bond donors (Lipinski definition) is 0. The van der Waals surface area contributed by atoms with E-state index in [9.17, 15) is 9.18 Å². The molecule has 2 aromatic rings. The van der Waals surface area contributed by atoms with Gasteiger partial charge in [-0.3, -0.25) is 14.3 Å². The molecule has 1 aromatic carbocycles. The Labute approximate surface area is 188 Å². The topological polar surface area (TPSA) is 54.3 Å². The maximum absolute atomic E-state index is 13.5. The minimum Gasteiger partial charge on any atom is -0.342 e. The Kier molecular flexibility index (Phi) is 7.27. The minimum atomic E-state index is -0.272. The van der Waals surface area contributed by atoms with Crippen molar-refractivity contribution in [2.24, 2.45) is 5.92 Å². The molecule has 1 aromatic heterocycles. The van der Waals surface area contributed by atoms with Crippen LogP contribution < -0.4 is 0 Å². The lowest BCUT2D eigenvalue weighted by Crippen LogP contribution is -2.41. The van der Waals surface area contributed by atoms with Gasteiger partial charge in [0, 0.05) is 18.8 Å². The first-order valence-electron chi connectivity index (χ1n) is 11.4. The molecule has 1 unspecified atom stereocenters. The van der Waals surface area contributed by atoms with Crippen LogP contribution in [0.3, 0.4) is 0 Å². The predicted octanol–water partition coefficient (Wildman–Crippen LogP) is 4.13. The summed E-state index contributed by atoms with van der Waals surface area (Å²) in [6, 6.07) is 6.41. The van der Waals surface area contributed by atoms with Crippen LogP contribution in [0.2, 0.25) is 0 Å². The fraction of sp³-hybridized carbons (Fsp3) is 0.609. The second kappa shape index (κ2) is 10.1. The Hall–Kier alpha value is -1.93. The highest BCUT2D eigenvalue weighted by atomic mass is 32.2. The average Bonchev–Trinajstić information content (AvgIpc) is 3.17. The molecule has 6 nitrogen and oxygen atoms in total. The molecule has 0 saturated carbocycles. The van der Waals surface area contributed by atoms with Crippen molar-refractivity contribution < 1.29 is 9.18 Å². The van der Waals surface area contributed by atoms with Crippen LogP contribution in [0.4, 0.5) is 4.39 Å². The summed E-state index contributed by atoms with van der Waals surface area (Å²) in [5.41, 5.74) is 0.826. The van der Waals surface area contributed by atoms with Crippen LogP contribution in [-0.2, 0) is 11.3 Å². The van der Waals surface area contributed by atoms with E-state index in [4.69, 9.17) is 0 Å². The number of amides is 1. The van der Waals surface area contributed by atoms with E-state index in [-0.39, 0.29) is 17.0 Å². The van der Waals surface area contributed by atoms with Crippen LogP contribution in [0, 0.1) is 11.7 Å². The first kappa shape index (κ1) is 22.3. The van der Waals surface area contributed by atoms with E-state index in [2.05, 4.69) is 22.0 Å². The molecular formula is C23H32FN5OS. The molecule has 168 valence electrons. The van der Waals surface area contributed by atoms with E-state index in [0.717, 1.165) is 50.5 Å². The normalized spacial score (nSPS) is 19.5. The minimum absolute atomic E-state index is 0.156. The van der Waals surface area contributed by atoms with Gasteiger partial charge < -0.3 is 4.90 Å². The lowest BCUT2D eigenvalue weighted by Gasteiger charge is -2.32. The van der Waals surface area contributed by atoms with Crippen molar-refractivity contribution in [1.29, 1.82) is 0 Å². The predicted molar refractivity (Wildman–Crippen MR) is 121 cm³/mol. The van der Waals surface area contributed by atoms with Crippen molar-refractivity contribution >= 4 is 17.7 Å². The number of aromatic nitrogens is 3. The molecule has 1 amide bonds. The molecule has 31 heavy (non-hydrogen) atoms. The first-order chi connectivity index (χ1) is 15.0. The summed E-state index contributed by atoms with van der Waals surface area (Å²) in [6.45, 7) is 8.67. The second-order valence-electron chi connectivity index (χ2n) is 8.82. The SMILES string of the molecule is CC1CCN(C(=O)C(C)Sc2nnc(CN3CCCCC3)n2-c2ccc(F)cc2)CC1. The molecule has 0 N–H and O–H groups in total.